The van der Waals surface area contributed by atoms with Gasteiger partial charge in [-0.2, -0.15) is 0 Å². The van der Waals surface area contributed by atoms with Gasteiger partial charge in [0.05, 0.1) is 35.6 Å². The van der Waals surface area contributed by atoms with Crippen LogP contribution < -0.4 is 10.1 Å². The number of rotatable bonds is 5. The van der Waals surface area contributed by atoms with Crippen molar-refractivity contribution in [3.05, 3.63) is 77.2 Å². The topological polar surface area (TPSA) is 64.1 Å². The zero-order valence-electron chi connectivity index (χ0n) is 13.6. The number of carbonyl (C=O) groups excluding carboxylic acids is 1. The second kappa shape index (κ2) is 7.77. The largest absolute Gasteiger partial charge is 0.497 e. The molecule has 1 N–H and O–H groups in total. The molecule has 0 atom stereocenters. The number of aromatic nitrogens is 2. The van der Waals surface area contributed by atoms with Crippen molar-refractivity contribution in [2.45, 2.75) is 6.54 Å². The molecule has 0 fully saturated rings. The molecular formula is C19H16ClN3O2. The molecule has 0 aliphatic carbocycles. The third-order valence-electron chi connectivity index (χ3n) is 3.66. The standard InChI is InChI=1S/C19H16ClN3O2/c1-25-15-8-6-13(7-9-15)18-10-14(22-12-23-18)11-21-19(24)16-4-2-3-5-17(16)20/h2-10,12H,11H2,1H3,(H,21,24). The van der Waals surface area contributed by atoms with E-state index in [0.29, 0.717) is 16.3 Å². The molecule has 0 spiro atoms. The third-order valence-corrected chi connectivity index (χ3v) is 3.99. The lowest BCUT2D eigenvalue weighted by molar-refractivity contribution is 0.0950. The summed E-state index contributed by atoms with van der Waals surface area (Å²) >= 11 is 6.03. The molecule has 3 rings (SSSR count). The molecule has 126 valence electrons. The van der Waals surface area contributed by atoms with Gasteiger partial charge in [0.25, 0.3) is 5.91 Å². The highest BCUT2D eigenvalue weighted by atomic mass is 35.5. The molecular weight excluding hydrogens is 338 g/mol. The average molecular weight is 354 g/mol. The number of amides is 1. The number of nitrogens with zero attached hydrogens (tertiary/aromatic N) is 2. The molecule has 6 heteroatoms. The molecule has 0 saturated heterocycles. The Bertz CT molecular complexity index is 882. The van der Waals surface area contributed by atoms with Gasteiger partial charge in [-0.3, -0.25) is 4.79 Å². The Hall–Kier alpha value is -2.92. The van der Waals surface area contributed by atoms with Gasteiger partial charge in [-0.25, -0.2) is 9.97 Å². The SMILES string of the molecule is COc1ccc(-c2cc(CNC(=O)c3ccccc3Cl)ncn2)cc1. The maximum absolute atomic E-state index is 12.2. The quantitative estimate of drug-likeness (QED) is 0.759. The zero-order valence-corrected chi connectivity index (χ0v) is 14.3. The maximum atomic E-state index is 12.2. The van der Waals surface area contributed by atoms with Crippen LogP contribution in [0.1, 0.15) is 16.1 Å². The van der Waals surface area contributed by atoms with E-state index in [4.69, 9.17) is 16.3 Å². The van der Waals surface area contributed by atoms with Crippen LogP contribution in [0, 0.1) is 0 Å². The van der Waals surface area contributed by atoms with E-state index in [1.54, 1.807) is 31.4 Å². The Labute approximate surface area is 150 Å². The smallest absolute Gasteiger partial charge is 0.253 e. The average Bonchev–Trinajstić information content (AvgIpc) is 2.67. The fraction of sp³-hybridized carbons (Fsp3) is 0.105. The molecule has 3 aromatic rings. The van der Waals surface area contributed by atoms with E-state index in [-0.39, 0.29) is 12.5 Å². The number of nitrogens with one attached hydrogen (secondary N) is 1. The molecule has 1 aromatic heterocycles. The van der Waals surface area contributed by atoms with Gasteiger partial charge in [0.1, 0.15) is 12.1 Å². The summed E-state index contributed by atoms with van der Waals surface area (Å²) in [5.74, 6) is 0.542. The first-order valence-electron chi connectivity index (χ1n) is 7.65. The van der Waals surface area contributed by atoms with Crippen molar-refractivity contribution < 1.29 is 9.53 Å². The first-order valence-corrected chi connectivity index (χ1v) is 8.03. The van der Waals surface area contributed by atoms with Crippen LogP contribution in [0.25, 0.3) is 11.3 Å². The predicted octanol–water partition coefficient (Wildman–Crippen LogP) is 3.74. The summed E-state index contributed by atoms with van der Waals surface area (Å²) in [5, 5.41) is 3.24. The van der Waals surface area contributed by atoms with E-state index >= 15 is 0 Å². The summed E-state index contributed by atoms with van der Waals surface area (Å²) in [6.45, 7) is 0.287. The summed E-state index contributed by atoms with van der Waals surface area (Å²) in [5.41, 5.74) is 2.87. The van der Waals surface area contributed by atoms with Crippen LogP contribution >= 0.6 is 11.6 Å². The molecule has 1 heterocycles. The lowest BCUT2D eigenvalue weighted by Gasteiger charge is -2.08. The molecule has 0 unspecified atom stereocenters. The molecule has 0 aliphatic rings. The molecule has 0 radical (unpaired) electrons. The number of hydrogen-bond donors (Lipinski definition) is 1. The number of hydrogen-bond acceptors (Lipinski definition) is 4. The highest BCUT2D eigenvalue weighted by Gasteiger charge is 2.10. The summed E-state index contributed by atoms with van der Waals surface area (Å²) in [4.78, 5) is 20.7. The highest BCUT2D eigenvalue weighted by molar-refractivity contribution is 6.33. The second-order valence-electron chi connectivity index (χ2n) is 5.29. The van der Waals surface area contributed by atoms with Crippen LogP contribution in [0.3, 0.4) is 0 Å². The van der Waals surface area contributed by atoms with Crippen molar-refractivity contribution in [2.75, 3.05) is 7.11 Å². The van der Waals surface area contributed by atoms with E-state index in [1.165, 1.54) is 6.33 Å². The lowest BCUT2D eigenvalue weighted by atomic mass is 10.1. The Morgan fingerprint density at radius 3 is 2.60 bits per heavy atom. The first kappa shape index (κ1) is 16.9. The molecule has 1 amide bonds. The van der Waals surface area contributed by atoms with Gasteiger partial charge in [-0.15, -0.1) is 0 Å². The van der Waals surface area contributed by atoms with Crippen LogP contribution in [0.2, 0.25) is 5.02 Å². The number of benzene rings is 2. The summed E-state index contributed by atoms with van der Waals surface area (Å²) < 4.78 is 5.15. The van der Waals surface area contributed by atoms with Crippen LogP contribution in [-0.2, 0) is 6.54 Å². The van der Waals surface area contributed by atoms with Crippen molar-refractivity contribution in [1.29, 1.82) is 0 Å². The van der Waals surface area contributed by atoms with Gasteiger partial charge < -0.3 is 10.1 Å². The third kappa shape index (κ3) is 4.14. The van der Waals surface area contributed by atoms with Crippen LogP contribution in [0.5, 0.6) is 5.75 Å². The van der Waals surface area contributed by atoms with E-state index in [2.05, 4.69) is 15.3 Å². The summed E-state index contributed by atoms with van der Waals surface area (Å²) in [6, 6.07) is 16.4. The van der Waals surface area contributed by atoms with Gasteiger partial charge in [0.2, 0.25) is 0 Å². The fourth-order valence-electron chi connectivity index (χ4n) is 2.33. The van der Waals surface area contributed by atoms with Crippen LogP contribution in [0.15, 0.2) is 60.9 Å². The van der Waals surface area contributed by atoms with Crippen molar-refractivity contribution >= 4 is 17.5 Å². The van der Waals surface area contributed by atoms with E-state index in [0.717, 1.165) is 17.0 Å². The van der Waals surface area contributed by atoms with E-state index in [9.17, 15) is 4.79 Å². The van der Waals surface area contributed by atoms with Gasteiger partial charge in [-0.1, -0.05) is 23.7 Å². The van der Waals surface area contributed by atoms with Crippen molar-refractivity contribution in [3.63, 3.8) is 0 Å². The monoisotopic (exact) mass is 353 g/mol. The first-order chi connectivity index (χ1) is 12.2. The van der Waals surface area contributed by atoms with E-state index in [1.807, 2.05) is 30.3 Å². The molecule has 25 heavy (non-hydrogen) atoms. The van der Waals surface area contributed by atoms with Gasteiger partial charge in [0, 0.05) is 5.56 Å². The van der Waals surface area contributed by atoms with Gasteiger partial charge >= 0.3 is 0 Å². The fourth-order valence-corrected chi connectivity index (χ4v) is 2.55. The minimum absolute atomic E-state index is 0.241. The maximum Gasteiger partial charge on any atom is 0.253 e. The van der Waals surface area contributed by atoms with E-state index < -0.39 is 0 Å². The highest BCUT2D eigenvalue weighted by Crippen LogP contribution is 2.20. The second-order valence-corrected chi connectivity index (χ2v) is 5.69. The number of methoxy groups -OCH3 is 1. The predicted molar refractivity (Wildman–Crippen MR) is 96.6 cm³/mol. The Morgan fingerprint density at radius 2 is 1.88 bits per heavy atom. The van der Waals surface area contributed by atoms with Crippen LogP contribution in [-0.4, -0.2) is 23.0 Å². The Kier molecular flexibility index (Phi) is 5.26. The van der Waals surface area contributed by atoms with Crippen molar-refractivity contribution in [3.8, 4) is 17.0 Å². The van der Waals surface area contributed by atoms with Gasteiger partial charge in [-0.05, 0) is 42.5 Å². The zero-order chi connectivity index (χ0) is 17.6. The summed E-state index contributed by atoms with van der Waals surface area (Å²) in [6.07, 6.45) is 1.48. The molecule has 2 aromatic carbocycles. The molecule has 0 saturated carbocycles. The minimum Gasteiger partial charge on any atom is -0.497 e. The number of carbonyl (C=O) groups is 1. The van der Waals surface area contributed by atoms with Crippen molar-refractivity contribution in [2.24, 2.45) is 0 Å². The van der Waals surface area contributed by atoms with Crippen LogP contribution in [0.4, 0.5) is 0 Å². The Balaban J connectivity index is 1.71. The normalized spacial score (nSPS) is 10.3. The Morgan fingerprint density at radius 1 is 1.12 bits per heavy atom. The lowest BCUT2D eigenvalue weighted by Crippen LogP contribution is -2.23. The van der Waals surface area contributed by atoms with Crippen molar-refractivity contribution in [1.82, 2.24) is 15.3 Å². The number of halogens is 1. The molecule has 5 nitrogen and oxygen atoms in total. The van der Waals surface area contributed by atoms with Gasteiger partial charge in [0.15, 0.2) is 0 Å². The number of ether oxygens (including phenoxy) is 1. The minimum atomic E-state index is -0.241. The summed E-state index contributed by atoms with van der Waals surface area (Å²) in [7, 11) is 1.62. The molecule has 0 aliphatic heterocycles. The molecule has 0 bridgehead atoms.